The third-order valence-electron chi connectivity index (χ3n) is 3.52. The van der Waals surface area contributed by atoms with E-state index in [2.05, 4.69) is 33.4 Å². The van der Waals surface area contributed by atoms with Gasteiger partial charge in [0.1, 0.15) is 5.84 Å². The van der Waals surface area contributed by atoms with Crippen LogP contribution in [0.5, 0.6) is 0 Å². The van der Waals surface area contributed by atoms with Gasteiger partial charge in [-0.15, -0.1) is 0 Å². The lowest BCUT2D eigenvalue weighted by molar-refractivity contribution is -0.122. The number of nitrogens with zero attached hydrogens (tertiary/aromatic N) is 3. The van der Waals surface area contributed by atoms with E-state index in [4.69, 9.17) is 4.99 Å². The Morgan fingerprint density at radius 2 is 2.32 bits per heavy atom. The largest absolute Gasteiger partial charge is 0.371 e. The Morgan fingerprint density at radius 1 is 1.58 bits per heavy atom. The molecule has 2 N–H and O–H groups in total. The molecule has 1 fully saturated rings. The van der Waals surface area contributed by atoms with Crippen LogP contribution in [0.15, 0.2) is 16.8 Å². The van der Waals surface area contributed by atoms with Crippen molar-refractivity contribution in [1.29, 1.82) is 0 Å². The van der Waals surface area contributed by atoms with Crippen molar-refractivity contribution in [3.05, 3.63) is 11.8 Å². The summed E-state index contributed by atoms with van der Waals surface area (Å²) >= 11 is 0. The standard InChI is InChI=1S/C13H23N5O/c1-4-10-5-12(17(3)9-15-10)16-11-6-18(7-11)8-13(19)14-2/h5,11,15H,4,6-9H2,1-3H3,(H,14,19). The smallest absolute Gasteiger partial charge is 0.233 e. The average molecular weight is 265 g/mol. The summed E-state index contributed by atoms with van der Waals surface area (Å²) in [6.45, 7) is 5.16. The molecule has 0 bridgehead atoms. The van der Waals surface area contributed by atoms with E-state index in [0.717, 1.165) is 32.0 Å². The molecule has 1 saturated heterocycles. The molecule has 0 atom stereocenters. The van der Waals surface area contributed by atoms with Crippen molar-refractivity contribution in [2.75, 3.05) is 40.4 Å². The number of aliphatic imine (C=N–C) groups is 1. The Balaban J connectivity index is 1.87. The predicted octanol–water partition coefficient (Wildman–Crippen LogP) is -0.398. The quantitative estimate of drug-likeness (QED) is 0.726. The molecule has 0 aromatic carbocycles. The maximum atomic E-state index is 11.2. The van der Waals surface area contributed by atoms with Crippen molar-refractivity contribution in [1.82, 2.24) is 20.4 Å². The Hall–Kier alpha value is -1.56. The summed E-state index contributed by atoms with van der Waals surface area (Å²) in [6, 6.07) is 0.314. The number of rotatable bonds is 4. The van der Waals surface area contributed by atoms with Gasteiger partial charge in [0.25, 0.3) is 0 Å². The van der Waals surface area contributed by atoms with E-state index >= 15 is 0 Å². The third-order valence-corrected chi connectivity index (χ3v) is 3.52. The highest BCUT2D eigenvalue weighted by Crippen LogP contribution is 2.13. The van der Waals surface area contributed by atoms with Gasteiger partial charge in [0.2, 0.25) is 5.91 Å². The van der Waals surface area contributed by atoms with Crippen LogP contribution in [0.4, 0.5) is 0 Å². The summed E-state index contributed by atoms with van der Waals surface area (Å²) < 4.78 is 0. The minimum absolute atomic E-state index is 0.0678. The number of nitrogens with one attached hydrogen (secondary N) is 2. The molecule has 19 heavy (non-hydrogen) atoms. The van der Waals surface area contributed by atoms with Crippen LogP contribution < -0.4 is 10.6 Å². The zero-order valence-electron chi connectivity index (χ0n) is 11.9. The molecule has 2 aliphatic rings. The van der Waals surface area contributed by atoms with E-state index in [1.54, 1.807) is 7.05 Å². The molecular formula is C13H23N5O. The van der Waals surface area contributed by atoms with Crippen LogP contribution >= 0.6 is 0 Å². The molecule has 6 nitrogen and oxygen atoms in total. The molecule has 106 valence electrons. The van der Waals surface area contributed by atoms with Gasteiger partial charge in [0.15, 0.2) is 0 Å². The lowest BCUT2D eigenvalue weighted by Crippen LogP contribution is -2.54. The summed E-state index contributed by atoms with van der Waals surface area (Å²) in [7, 11) is 3.70. The molecule has 0 aromatic heterocycles. The zero-order chi connectivity index (χ0) is 13.8. The molecule has 0 aliphatic carbocycles. The molecule has 2 heterocycles. The molecule has 1 amide bonds. The molecule has 0 aromatic rings. The van der Waals surface area contributed by atoms with E-state index in [1.165, 1.54) is 5.70 Å². The summed E-state index contributed by atoms with van der Waals surface area (Å²) in [4.78, 5) is 20.2. The van der Waals surface area contributed by atoms with E-state index in [1.807, 2.05) is 7.05 Å². The molecule has 0 spiro atoms. The maximum Gasteiger partial charge on any atom is 0.233 e. The van der Waals surface area contributed by atoms with Gasteiger partial charge < -0.3 is 15.5 Å². The molecule has 0 saturated carbocycles. The first-order valence-corrected chi connectivity index (χ1v) is 6.78. The molecular weight excluding hydrogens is 242 g/mol. The van der Waals surface area contributed by atoms with Crippen LogP contribution in [0.1, 0.15) is 13.3 Å². The van der Waals surface area contributed by atoms with E-state index in [-0.39, 0.29) is 5.91 Å². The fourth-order valence-corrected chi connectivity index (χ4v) is 2.20. The van der Waals surface area contributed by atoms with E-state index in [0.29, 0.717) is 12.6 Å². The van der Waals surface area contributed by atoms with Crippen molar-refractivity contribution >= 4 is 11.7 Å². The van der Waals surface area contributed by atoms with Crippen molar-refractivity contribution in [2.24, 2.45) is 4.99 Å². The van der Waals surface area contributed by atoms with E-state index in [9.17, 15) is 4.79 Å². The van der Waals surface area contributed by atoms with Gasteiger partial charge in [0.05, 0.1) is 19.3 Å². The second-order valence-electron chi connectivity index (χ2n) is 5.06. The predicted molar refractivity (Wildman–Crippen MR) is 75.9 cm³/mol. The summed E-state index contributed by atoms with van der Waals surface area (Å²) in [6.07, 6.45) is 3.12. The van der Waals surface area contributed by atoms with Gasteiger partial charge in [-0.25, -0.2) is 0 Å². The monoisotopic (exact) mass is 265 g/mol. The lowest BCUT2D eigenvalue weighted by atomic mass is 10.1. The number of amides is 1. The minimum atomic E-state index is 0.0678. The van der Waals surface area contributed by atoms with E-state index < -0.39 is 0 Å². The number of amidine groups is 1. The summed E-state index contributed by atoms with van der Waals surface area (Å²) in [5, 5.41) is 5.98. The SMILES string of the molecule is CCC1=CC(=NC2CN(CC(=O)NC)C2)N(C)CN1. The van der Waals surface area contributed by atoms with Gasteiger partial charge >= 0.3 is 0 Å². The fraction of sp³-hybridized carbons (Fsp3) is 0.692. The van der Waals surface area contributed by atoms with Crippen LogP contribution in [-0.2, 0) is 4.79 Å². The highest BCUT2D eigenvalue weighted by atomic mass is 16.1. The van der Waals surface area contributed by atoms with Crippen molar-refractivity contribution in [3.63, 3.8) is 0 Å². The number of likely N-dealkylation sites (N-methyl/N-ethyl adjacent to an activating group) is 2. The Bertz CT molecular complexity index is 398. The molecule has 6 heteroatoms. The Kier molecular flexibility index (Phi) is 4.42. The normalized spacial score (nSPS) is 22.8. The highest BCUT2D eigenvalue weighted by molar-refractivity contribution is 5.94. The molecule has 0 radical (unpaired) electrons. The van der Waals surface area contributed by atoms with Gasteiger partial charge in [-0.2, -0.15) is 0 Å². The maximum absolute atomic E-state index is 11.2. The fourth-order valence-electron chi connectivity index (χ4n) is 2.20. The second-order valence-corrected chi connectivity index (χ2v) is 5.06. The second kappa shape index (κ2) is 6.06. The van der Waals surface area contributed by atoms with Crippen LogP contribution in [0.25, 0.3) is 0 Å². The summed E-state index contributed by atoms with van der Waals surface area (Å²) in [5.74, 6) is 1.11. The van der Waals surface area contributed by atoms with Crippen molar-refractivity contribution in [3.8, 4) is 0 Å². The number of carbonyl (C=O) groups is 1. The average Bonchev–Trinajstić information content (AvgIpc) is 2.38. The number of likely N-dealkylation sites (tertiary alicyclic amines) is 1. The molecule has 2 aliphatic heterocycles. The summed E-state index contributed by atoms with van der Waals surface area (Å²) in [5.41, 5.74) is 1.23. The highest BCUT2D eigenvalue weighted by Gasteiger charge is 2.28. The molecule has 0 unspecified atom stereocenters. The van der Waals surface area contributed by atoms with Gasteiger partial charge in [0, 0.05) is 32.9 Å². The third kappa shape index (κ3) is 3.47. The topological polar surface area (TPSA) is 60.0 Å². The van der Waals surface area contributed by atoms with Crippen LogP contribution in [0, 0.1) is 0 Å². The van der Waals surface area contributed by atoms with Crippen LogP contribution in [0.2, 0.25) is 0 Å². The van der Waals surface area contributed by atoms with Crippen LogP contribution in [-0.4, -0.2) is 68.0 Å². The number of carbonyl (C=O) groups excluding carboxylic acids is 1. The molecule has 2 rings (SSSR count). The van der Waals surface area contributed by atoms with Gasteiger partial charge in [-0.1, -0.05) is 6.92 Å². The number of hydrogen-bond donors (Lipinski definition) is 2. The van der Waals surface area contributed by atoms with Crippen LogP contribution in [0.3, 0.4) is 0 Å². The lowest BCUT2D eigenvalue weighted by Gasteiger charge is -2.37. The Morgan fingerprint density at radius 3 is 2.95 bits per heavy atom. The van der Waals surface area contributed by atoms with Gasteiger partial charge in [-0.3, -0.25) is 14.7 Å². The first-order chi connectivity index (χ1) is 9.12. The number of allylic oxidation sites excluding steroid dienone is 1. The van der Waals surface area contributed by atoms with Gasteiger partial charge in [-0.05, 0) is 12.5 Å². The Labute approximate surface area is 114 Å². The van der Waals surface area contributed by atoms with Crippen molar-refractivity contribution < 1.29 is 4.79 Å². The zero-order valence-corrected chi connectivity index (χ0v) is 11.9. The van der Waals surface area contributed by atoms with Crippen molar-refractivity contribution in [2.45, 2.75) is 19.4 Å². The first kappa shape index (κ1) is 13.9. The first-order valence-electron chi connectivity index (χ1n) is 6.78. The number of hydrogen-bond acceptors (Lipinski definition) is 4. The minimum Gasteiger partial charge on any atom is -0.371 e.